The maximum absolute atomic E-state index is 6.11. The van der Waals surface area contributed by atoms with Crippen molar-refractivity contribution in [3.8, 4) is 11.5 Å². The fourth-order valence-corrected chi connectivity index (χ4v) is 2.88. The highest BCUT2D eigenvalue weighted by atomic mass is 35.5. The molecule has 0 amide bonds. The summed E-state index contributed by atoms with van der Waals surface area (Å²) in [6.07, 6.45) is 1.88. The van der Waals surface area contributed by atoms with Crippen LogP contribution in [0.3, 0.4) is 0 Å². The van der Waals surface area contributed by atoms with Crippen molar-refractivity contribution in [2.24, 2.45) is 0 Å². The van der Waals surface area contributed by atoms with Gasteiger partial charge in [-0.2, -0.15) is 0 Å². The fraction of sp³-hybridized carbons (Fsp3) is 0.316. The highest BCUT2D eigenvalue weighted by Gasteiger charge is 2.04. The molecule has 25 heavy (non-hydrogen) atoms. The molecule has 0 saturated carbocycles. The van der Waals surface area contributed by atoms with Gasteiger partial charge in [-0.1, -0.05) is 29.8 Å². The van der Waals surface area contributed by atoms with Gasteiger partial charge in [0.25, 0.3) is 0 Å². The summed E-state index contributed by atoms with van der Waals surface area (Å²) < 4.78 is 10.8. The van der Waals surface area contributed by atoms with Crippen LogP contribution in [0.4, 0.5) is 5.69 Å². The van der Waals surface area contributed by atoms with Crippen LogP contribution in [0.15, 0.2) is 42.5 Å². The molecule has 0 aliphatic heterocycles. The Balaban J connectivity index is 1.76. The Kier molecular flexibility index (Phi) is 7.82. The van der Waals surface area contributed by atoms with Crippen LogP contribution in [0.5, 0.6) is 11.5 Å². The summed E-state index contributed by atoms with van der Waals surface area (Å²) in [5, 5.41) is 7.44. The summed E-state index contributed by atoms with van der Waals surface area (Å²) >= 11 is 11.4. The summed E-state index contributed by atoms with van der Waals surface area (Å²) in [4.78, 5) is 0. The van der Waals surface area contributed by atoms with Gasteiger partial charge in [0.15, 0.2) is 5.11 Å². The molecular formula is C19H23ClN2O2S. The number of anilines is 1. The van der Waals surface area contributed by atoms with Crippen LogP contribution in [0.2, 0.25) is 5.02 Å². The molecule has 0 radical (unpaired) electrons. The van der Waals surface area contributed by atoms with Crippen LogP contribution >= 0.6 is 23.8 Å². The maximum Gasteiger partial charge on any atom is 0.170 e. The first-order valence-corrected chi connectivity index (χ1v) is 9.01. The van der Waals surface area contributed by atoms with E-state index < -0.39 is 0 Å². The molecular weight excluding hydrogens is 356 g/mol. The minimum absolute atomic E-state index is 0.544. The number of ether oxygens (including phenoxy) is 2. The Morgan fingerprint density at radius 2 is 1.96 bits per heavy atom. The molecule has 2 N–H and O–H groups in total. The normalized spacial score (nSPS) is 10.2. The fourth-order valence-electron chi connectivity index (χ4n) is 2.41. The van der Waals surface area contributed by atoms with Gasteiger partial charge in [0.2, 0.25) is 0 Å². The van der Waals surface area contributed by atoms with Crippen molar-refractivity contribution < 1.29 is 9.47 Å². The minimum Gasteiger partial charge on any atom is -0.495 e. The molecule has 0 aromatic heterocycles. The van der Waals surface area contributed by atoms with Gasteiger partial charge in [-0.05, 0) is 61.8 Å². The lowest BCUT2D eigenvalue weighted by Crippen LogP contribution is -2.29. The Morgan fingerprint density at radius 3 is 2.68 bits per heavy atom. The van der Waals surface area contributed by atoms with Crippen molar-refractivity contribution in [2.45, 2.75) is 19.8 Å². The Labute approximate surface area is 159 Å². The number of thiocarbonyl (C=S) groups is 1. The van der Waals surface area contributed by atoms with E-state index in [0.29, 0.717) is 22.5 Å². The number of hydrogen-bond donors (Lipinski definition) is 2. The molecule has 134 valence electrons. The summed E-state index contributed by atoms with van der Waals surface area (Å²) in [6.45, 7) is 3.44. The third kappa shape index (κ3) is 6.11. The molecule has 0 saturated heterocycles. The van der Waals surface area contributed by atoms with Crippen molar-refractivity contribution in [1.29, 1.82) is 0 Å². The van der Waals surface area contributed by atoms with E-state index in [1.165, 1.54) is 5.56 Å². The number of nitrogens with one attached hydrogen (secondary N) is 2. The number of rotatable bonds is 8. The van der Waals surface area contributed by atoms with Gasteiger partial charge in [0.05, 0.1) is 18.7 Å². The van der Waals surface area contributed by atoms with Gasteiger partial charge < -0.3 is 20.1 Å². The predicted octanol–water partition coefficient (Wildman–Crippen LogP) is 4.67. The third-order valence-corrected chi connectivity index (χ3v) is 4.13. The molecule has 2 aromatic carbocycles. The van der Waals surface area contributed by atoms with Gasteiger partial charge in [0, 0.05) is 12.2 Å². The van der Waals surface area contributed by atoms with E-state index in [9.17, 15) is 0 Å². The second-order valence-electron chi connectivity index (χ2n) is 5.37. The zero-order chi connectivity index (χ0) is 18.1. The average Bonchev–Trinajstić information content (AvgIpc) is 2.60. The lowest BCUT2D eigenvalue weighted by Gasteiger charge is -2.13. The summed E-state index contributed by atoms with van der Waals surface area (Å²) in [7, 11) is 1.59. The number of benzene rings is 2. The van der Waals surface area contributed by atoms with E-state index in [1.807, 2.05) is 31.2 Å². The van der Waals surface area contributed by atoms with Gasteiger partial charge >= 0.3 is 0 Å². The Morgan fingerprint density at radius 1 is 1.16 bits per heavy atom. The topological polar surface area (TPSA) is 42.5 Å². The number of hydrogen-bond acceptors (Lipinski definition) is 3. The summed E-state index contributed by atoms with van der Waals surface area (Å²) in [5.74, 6) is 1.60. The number of methoxy groups -OCH3 is 1. The van der Waals surface area contributed by atoms with Crippen molar-refractivity contribution in [3.63, 3.8) is 0 Å². The first-order valence-electron chi connectivity index (χ1n) is 8.23. The summed E-state index contributed by atoms with van der Waals surface area (Å²) in [6, 6.07) is 13.6. The van der Waals surface area contributed by atoms with Crippen LogP contribution in [0.1, 0.15) is 18.9 Å². The molecule has 2 rings (SSSR count). The first kappa shape index (κ1) is 19.3. The second kappa shape index (κ2) is 10.1. The van der Waals surface area contributed by atoms with Crippen LogP contribution < -0.4 is 20.1 Å². The van der Waals surface area contributed by atoms with Gasteiger partial charge in [-0.15, -0.1) is 0 Å². The molecule has 0 spiro atoms. The van der Waals surface area contributed by atoms with Crippen molar-refractivity contribution in [1.82, 2.24) is 5.32 Å². The van der Waals surface area contributed by atoms with Crippen molar-refractivity contribution in [3.05, 3.63) is 53.1 Å². The zero-order valence-corrected chi connectivity index (χ0v) is 16.0. The first-order chi connectivity index (χ1) is 12.1. The highest BCUT2D eigenvalue weighted by Crippen LogP contribution is 2.27. The predicted molar refractivity (Wildman–Crippen MR) is 108 cm³/mol. The SMILES string of the molecule is CCOc1ccccc1CCCNC(=S)Nc1ccc(OC)c(Cl)c1. The molecule has 6 heteroatoms. The smallest absolute Gasteiger partial charge is 0.170 e. The lowest BCUT2D eigenvalue weighted by molar-refractivity contribution is 0.336. The zero-order valence-electron chi connectivity index (χ0n) is 14.5. The quantitative estimate of drug-likeness (QED) is 0.516. The van der Waals surface area contributed by atoms with E-state index in [1.54, 1.807) is 19.2 Å². The van der Waals surface area contributed by atoms with Crippen molar-refractivity contribution in [2.75, 3.05) is 25.6 Å². The third-order valence-electron chi connectivity index (χ3n) is 3.59. The van der Waals surface area contributed by atoms with Crippen molar-refractivity contribution >= 4 is 34.6 Å². The van der Waals surface area contributed by atoms with Gasteiger partial charge in [-0.25, -0.2) is 0 Å². The van der Waals surface area contributed by atoms with Crippen LogP contribution in [0.25, 0.3) is 0 Å². The van der Waals surface area contributed by atoms with E-state index >= 15 is 0 Å². The van der Waals surface area contributed by atoms with Crippen LogP contribution in [0, 0.1) is 0 Å². The summed E-state index contributed by atoms with van der Waals surface area (Å²) in [5.41, 5.74) is 2.04. The van der Waals surface area contributed by atoms with Crippen LogP contribution in [-0.2, 0) is 6.42 Å². The van der Waals surface area contributed by atoms with E-state index in [0.717, 1.165) is 30.8 Å². The second-order valence-corrected chi connectivity index (χ2v) is 6.19. The monoisotopic (exact) mass is 378 g/mol. The number of aryl methyl sites for hydroxylation is 1. The Bertz CT molecular complexity index is 710. The molecule has 0 unspecified atom stereocenters. The van der Waals surface area contributed by atoms with Crippen LogP contribution in [-0.4, -0.2) is 25.4 Å². The molecule has 2 aromatic rings. The maximum atomic E-state index is 6.11. The standard InChI is InChI=1S/C19H23ClN2O2S/c1-3-24-17-9-5-4-7-14(17)8-6-12-21-19(25)22-15-10-11-18(23-2)16(20)13-15/h4-5,7,9-11,13H,3,6,8,12H2,1-2H3,(H2,21,22,25). The highest BCUT2D eigenvalue weighted by molar-refractivity contribution is 7.80. The molecule has 0 bridgehead atoms. The molecule has 0 atom stereocenters. The molecule has 4 nitrogen and oxygen atoms in total. The molecule has 0 aliphatic carbocycles. The minimum atomic E-state index is 0.544. The number of halogens is 1. The van der Waals surface area contributed by atoms with E-state index in [-0.39, 0.29) is 0 Å². The number of para-hydroxylation sites is 1. The largest absolute Gasteiger partial charge is 0.495 e. The molecule has 0 aliphatic rings. The molecule has 0 fully saturated rings. The van der Waals surface area contributed by atoms with E-state index in [2.05, 4.69) is 16.7 Å². The Hall–Kier alpha value is -1.98. The lowest BCUT2D eigenvalue weighted by atomic mass is 10.1. The average molecular weight is 379 g/mol. The van der Waals surface area contributed by atoms with Gasteiger partial charge in [0.1, 0.15) is 11.5 Å². The van der Waals surface area contributed by atoms with Gasteiger partial charge in [-0.3, -0.25) is 0 Å². The van der Waals surface area contributed by atoms with E-state index in [4.69, 9.17) is 33.3 Å². The molecule has 0 heterocycles.